The van der Waals surface area contributed by atoms with Crippen molar-refractivity contribution in [2.45, 2.75) is 63.7 Å². The Morgan fingerprint density at radius 2 is 2.04 bits per heavy atom. The Morgan fingerprint density at radius 3 is 2.56 bits per heavy atom. The number of hydrogen-bond donors (Lipinski definition) is 1. The number of alkyl halides is 3. The molecule has 9 heteroatoms. The number of halogens is 3. The number of imidazole rings is 1. The maximum atomic E-state index is 12.5. The number of nitrogens with one attached hydrogen (secondary N) is 1. The highest BCUT2D eigenvalue weighted by Crippen LogP contribution is 2.33. The van der Waals surface area contributed by atoms with Crippen molar-refractivity contribution in [2.24, 2.45) is 0 Å². The number of ether oxygens (including phenoxy) is 1. The molecule has 1 N–H and O–H groups in total. The van der Waals surface area contributed by atoms with Gasteiger partial charge in [0, 0.05) is 30.8 Å². The van der Waals surface area contributed by atoms with Gasteiger partial charge in [0.15, 0.2) is 0 Å². The van der Waals surface area contributed by atoms with Crippen LogP contribution in [0.3, 0.4) is 0 Å². The van der Waals surface area contributed by atoms with Crippen LogP contribution in [0.15, 0.2) is 6.20 Å². The predicted molar refractivity (Wildman–Crippen MR) is 82.8 cm³/mol. The number of rotatable bonds is 6. The number of aromatic nitrogens is 2. The zero-order valence-electron chi connectivity index (χ0n) is 14.2. The third-order valence-corrected chi connectivity index (χ3v) is 4.47. The molecule has 1 aromatic heterocycles. The third kappa shape index (κ3) is 4.52. The van der Waals surface area contributed by atoms with E-state index >= 15 is 0 Å². The molecule has 1 heterocycles. The van der Waals surface area contributed by atoms with E-state index in [2.05, 4.69) is 9.72 Å². The molecule has 0 spiro atoms. The van der Waals surface area contributed by atoms with Crippen molar-refractivity contribution >= 4 is 11.9 Å². The molecule has 1 fully saturated rings. The van der Waals surface area contributed by atoms with Crippen LogP contribution in [0.5, 0.6) is 0 Å². The topological polar surface area (TPSA) is 73.2 Å². The lowest BCUT2D eigenvalue weighted by molar-refractivity contribution is -0.175. The molecule has 1 atom stereocenters. The minimum absolute atomic E-state index is 0.109. The second-order valence-electron chi connectivity index (χ2n) is 6.08. The lowest BCUT2D eigenvalue weighted by atomic mass is 10.1. The van der Waals surface area contributed by atoms with Crippen LogP contribution in [0.4, 0.5) is 13.2 Å². The van der Waals surface area contributed by atoms with Crippen molar-refractivity contribution in [1.29, 1.82) is 0 Å². The largest absolute Gasteiger partial charge is 0.471 e. The van der Waals surface area contributed by atoms with E-state index in [0.29, 0.717) is 18.2 Å². The molecule has 1 aliphatic carbocycles. The molecule has 0 aliphatic heterocycles. The highest BCUT2D eigenvalue weighted by molar-refractivity contribution is 5.87. The van der Waals surface area contributed by atoms with Gasteiger partial charge in [-0.3, -0.25) is 4.79 Å². The average molecular weight is 361 g/mol. The lowest BCUT2D eigenvalue weighted by Crippen LogP contribution is -2.48. The number of amides is 1. The van der Waals surface area contributed by atoms with Crippen molar-refractivity contribution < 1.29 is 27.5 Å². The molecule has 1 amide bonds. The average Bonchev–Trinajstić information content (AvgIpc) is 3.21. The van der Waals surface area contributed by atoms with Gasteiger partial charge in [0.25, 0.3) is 0 Å². The summed E-state index contributed by atoms with van der Waals surface area (Å²) in [6.07, 6.45) is 0.705. The Kier molecular flexibility index (Phi) is 6.07. The first-order valence-corrected chi connectivity index (χ1v) is 8.27. The Balaban J connectivity index is 2.20. The van der Waals surface area contributed by atoms with Gasteiger partial charge in [-0.15, -0.1) is 0 Å². The summed E-state index contributed by atoms with van der Waals surface area (Å²) in [5.41, 5.74) is 0.599. The van der Waals surface area contributed by atoms with Gasteiger partial charge >= 0.3 is 18.1 Å². The molecule has 1 aromatic rings. The fourth-order valence-electron chi connectivity index (χ4n) is 3.25. The zero-order chi connectivity index (χ0) is 18.6. The molecule has 25 heavy (non-hydrogen) atoms. The van der Waals surface area contributed by atoms with E-state index < -0.39 is 24.1 Å². The predicted octanol–water partition coefficient (Wildman–Crippen LogP) is 2.32. The molecule has 1 aliphatic rings. The fraction of sp³-hybridized carbons (Fsp3) is 0.688. The van der Waals surface area contributed by atoms with Gasteiger partial charge in [-0.25, -0.2) is 9.78 Å². The van der Waals surface area contributed by atoms with Crippen LogP contribution in [-0.2, 0) is 27.3 Å². The molecular formula is C16H22F3N3O3. The lowest BCUT2D eigenvalue weighted by Gasteiger charge is -2.19. The quantitative estimate of drug-likeness (QED) is 0.790. The van der Waals surface area contributed by atoms with Crippen molar-refractivity contribution in [3.63, 3.8) is 0 Å². The van der Waals surface area contributed by atoms with Crippen LogP contribution in [0.25, 0.3) is 0 Å². The summed E-state index contributed by atoms with van der Waals surface area (Å²) in [6, 6.07) is -1.42. The molecule has 0 radical (unpaired) electrons. The maximum absolute atomic E-state index is 12.5. The summed E-state index contributed by atoms with van der Waals surface area (Å²) in [5.74, 6) is -1.87. The normalized spacial score (nSPS) is 16.7. The molecule has 0 unspecified atom stereocenters. The van der Waals surface area contributed by atoms with Crippen LogP contribution >= 0.6 is 0 Å². The van der Waals surface area contributed by atoms with Crippen molar-refractivity contribution in [2.75, 3.05) is 7.11 Å². The minimum atomic E-state index is -5.06. The van der Waals surface area contributed by atoms with Crippen molar-refractivity contribution in [1.82, 2.24) is 14.9 Å². The van der Waals surface area contributed by atoms with Gasteiger partial charge < -0.3 is 14.6 Å². The number of methoxy groups -OCH3 is 1. The Labute approximate surface area is 143 Å². The smallest absolute Gasteiger partial charge is 0.467 e. The summed E-state index contributed by atoms with van der Waals surface area (Å²) in [7, 11) is 1.07. The first-order valence-electron chi connectivity index (χ1n) is 8.27. The van der Waals surface area contributed by atoms with Gasteiger partial charge in [-0.05, 0) is 19.8 Å². The summed E-state index contributed by atoms with van der Waals surface area (Å²) < 4.78 is 43.9. The highest BCUT2D eigenvalue weighted by atomic mass is 19.4. The fourth-order valence-corrected chi connectivity index (χ4v) is 3.25. The second-order valence-corrected chi connectivity index (χ2v) is 6.08. The monoisotopic (exact) mass is 361 g/mol. The summed E-state index contributed by atoms with van der Waals surface area (Å²) in [6.45, 7) is 2.49. The van der Waals surface area contributed by atoms with Crippen LogP contribution < -0.4 is 5.32 Å². The zero-order valence-corrected chi connectivity index (χ0v) is 14.2. The number of hydrogen-bond acceptors (Lipinski definition) is 4. The molecule has 6 nitrogen and oxygen atoms in total. The van der Waals surface area contributed by atoms with Gasteiger partial charge in [-0.2, -0.15) is 13.2 Å². The molecule has 140 valence electrons. The Bertz CT molecular complexity index is 622. The van der Waals surface area contributed by atoms with E-state index in [-0.39, 0.29) is 6.42 Å². The van der Waals surface area contributed by atoms with Crippen LogP contribution in [-0.4, -0.2) is 40.8 Å². The maximum Gasteiger partial charge on any atom is 0.471 e. The molecule has 1 saturated carbocycles. The van der Waals surface area contributed by atoms with Gasteiger partial charge in [0.05, 0.1) is 7.11 Å². The Hall–Kier alpha value is -2.06. The van der Waals surface area contributed by atoms with Crippen LogP contribution in [0.2, 0.25) is 0 Å². The first kappa shape index (κ1) is 19.3. The molecule has 0 saturated heterocycles. The van der Waals surface area contributed by atoms with Crippen LogP contribution in [0, 0.1) is 0 Å². The van der Waals surface area contributed by atoms with Gasteiger partial charge in [-0.1, -0.05) is 12.8 Å². The first-order chi connectivity index (χ1) is 11.8. The summed E-state index contributed by atoms with van der Waals surface area (Å²) in [4.78, 5) is 27.4. The van der Waals surface area contributed by atoms with E-state index in [1.54, 1.807) is 11.5 Å². The summed E-state index contributed by atoms with van der Waals surface area (Å²) >= 11 is 0. The van der Waals surface area contributed by atoms with E-state index in [4.69, 9.17) is 0 Å². The molecule has 0 aromatic carbocycles. The van der Waals surface area contributed by atoms with Crippen LogP contribution in [0.1, 0.15) is 50.0 Å². The minimum Gasteiger partial charge on any atom is -0.467 e. The standard InChI is InChI=1S/C16H22F3N3O3/c1-3-22-11(9-20-13(22)10-6-4-5-7-10)8-12(14(23)25-2)21-15(24)16(17,18)19/h9-10,12H,3-8H2,1-2H3,(H,21,24)/t12-/m0/s1. The number of esters is 1. The number of carbonyl (C=O) groups is 2. The van der Waals surface area contributed by atoms with Gasteiger partial charge in [0.1, 0.15) is 11.9 Å². The number of nitrogens with zero attached hydrogens (tertiary/aromatic N) is 2. The Morgan fingerprint density at radius 1 is 1.40 bits per heavy atom. The van der Waals surface area contributed by atoms with E-state index in [0.717, 1.165) is 38.6 Å². The molecular weight excluding hydrogens is 339 g/mol. The molecule has 0 bridgehead atoms. The highest BCUT2D eigenvalue weighted by Gasteiger charge is 2.41. The summed E-state index contributed by atoms with van der Waals surface area (Å²) in [5, 5.41) is 1.71. The third-order valence-electron chi connectivity index (χ3n) is 4.47. The van der Waals surface area contributed by atoms with E-state index in [1.807, 2.05) is 11.5 Å². The SMILES string of the molecule is CCn1c(C[C@H](NC(=O)C(F)(F)F)C(=O)OC)cnc1C1CCCC1. The second kappa shape index (κ2) is 7.88. The van der Waals surface area contributed by atoms with E-state index in [1.165, 1.54) is 0 Å². The van der Waals surface area contributed by atoms with Crippen molar-refractivity contribution in [3.05, 3.63) is 17.7 Å². The van der Waals surface area contributed by atoms with Gasteiger partial charge in [0.2, 0.25) is 0 Å². The van der Waals surface area contributed by atoms with Crippen molar-refractivity contribution in [3.8, 4) is 0 Å². The van der Waals surface area contributed by atoms with E-state index in [9.17, 15) is 22.8 Å². The molecule has 2 rings (SSSR count). The number of carbonyl (C=O) groups excluding carboxylic acids is 2.